The summed E-state index contributed by atoms with van der Waals surface area (Å²) in [7, 11) is 5.11. The Balaban J connectivity index is 1.39. The minimum atomic E-state index is -0.0881. The van der Waals surface area contributed by atoms with Crippen LogP contribution in [0.25, 0.3) is 0 Å². The fourth-order valence-corrected chi connectivity index (χ4v) is 5.00. The van der Waals surface area contributed by atoms with Gasteiger partial charge in [-0.1, -0.05) is 0 Å². The summed E-state index contributed by atoms with van der Waals surface area (Å²) in [5, 5.41) is 5.21. The van der Waals surface area contributed by atoms with Crippen molar-refractivity contribution in [2.24, 2.45) is 5.92 Å². The standard InChI is InChI=1S/C21H30N4O4/c1-24-18-10-13(5-7-16(18)25-17(21(24)27)8-9-23-25)20(26)22-12-14-4-6-15(28-2)11-19(14)29-3/h4,6,11,13,16-18,23H,5,7-10,12H2,1-3H3,(H,22,26). The zero-order valence-electron chi connectivity index (χ0n) is 17.3. The van der Waals surface area contributed by atoms with E-state index in [2.05, 4.69) is 15.8 Å². The van der Waals surface area contributed by atoms with Crippen molar-refractivity contribution in [3.8, 4) is 11.5 Å². The normalized spacial score (nSPS) is 29.2. The molecule has 0 aromatic heterocycles. The van der Waals surface area contributed by atoms with Gasteiger partial charge in [0, 0.05) is 49.8 Å². The zero-order chi connectivity index (χ0) is 20.5. The van der Waals surface area contributed by atoms with Gasteiger partial charge in [0.15, 0.2) is 0 Å². The van der Waals surface area contributed by atoms with Gasteiger partial charge in [0.2, 0.25) is 11.8 Å². The molecule has 2 amide bonds. The molecule has 4 rings (SSSR count). The van der Waals surface area contributed by atoms with Gasteiger partial charge in [0.1, 0.15) is 17.5 Å². The third-order valence-electron chi connectivity index (χ3n) is 6.63. The van der Waals surface area contributed by atoms with Crippen molar-refractivity contribution in [1.82, 2.24) is 20.7 Å². The quantitative estimate of drug-likeness (QED) is 0.762. The summed E-state index contributed by atoms with van der Waals surface area (Å²) in [4.78, 5) is 27.4. The molecule has 8 heteroatoms. The molecule has 0 spiro atoms. The molecule has 158 valence electrons. The Morgan fingerprint density at radius 2 is 2.03 bits per heavy atom. The van der Waals surface area contributed by atoms with Crippen LogP contribution >= 0.6 is 0 Å². The van der Waals surface area contributed by atoms with Gasteiger partial charge in [0.05, 0.1) is 14.2 Å². The number of piperazine rings is 1. The molecule has 29 heavy (non-hydrogen) atoms. The number of fused-ring (bicyclic) bond motifs is 3. The first kappa shape index (κ1) is 20.0. The van der Waals surface area contributed by atoms with Crippen LogP contribution in [0.3, 0.4) is 0 Å². The smallest absolute Gasteiger partial charge is 0.241 e. The Hall–Kier alpha value is -2.32. The average molecular weight is 402 g/mol. The third kappa shape index (κ3) is 3.67. The molecular formula is C21H30N4O4. The van der Waals surface area contributed by atoms with E-state index in [0.29, 0.717) is 24.5 Å². The predicted octanol–water partition coefficient (Wildman–Crippen LogP) is 0.908. The van der Waals surface area contributed by atoms with Crippen LogP contribution in [0.4, 0.5) is 0 Å². The molecule has 8 nitrogen and oxygen atoms in total. The third-order valence-corrected chi connectivity index (χ3v) is 6.63. The van der Waals surface area contributed by atoms with Gasteiger partial charge in [0.25, 0.3) is 0 Å². The summed E-state index contributed by atoms with van der Waals surface area (Å²) in [6, 6.07) is 5.89. The van der Waals surface area contributed by atoms with E-state index < -0.39 is 0 Å². The van der Waals surface area contributed by atoms with E-state index in [9.17, 15) is 9.59 Å². The van der Waals surface area contributed by atoms with Crippen LogP contribution in [-0.4, -0.2) is 67.7 Å². The van der Waals surface area contributed by atoms with Gasteiger partial charge in [-0.3, -0.25) is 15.0 Å². The van der Waals surface area contributed by atoms with E-state index in [1.807, 2.05) is 30.1 Å². The number of nitrogens with zero attached hydrogens (tertiary/aromatic N) is 2. The number of benzene rings is 1. The Bertz CT molecular complexity index is 786. The van der Waals surface area contributed by atoms with Crippen molar-refractivity contribution in [2.75, 3.05) is 27.8 Å². The van der Waals surface area contributed by atoms with Crippen LogP contribution in [0, 0.1) is 5.92 Å². The van der Waals surface area contributed by atoms with Crippen LogP contribution in [0.1, 0.15) is 31.2 Å². The van der Waals surface area contributed by atoms with Crippen LogP contribution in [0.5, 0.6) is 11.5 Å². The van der Waals surface area contributed by atoms with Crippen molar-refractivity contribution in [1.29, 1.82) is 0 Å². The lowest BCUT2D eigenvalue weighted by molar-refractivity contribution is -0.153. The van der Waals surface area contributed by atoms with E-state index >= 15 is 0 Å². The molecule has 3 aliphatic rings. The second-order valence-corrected chi connectivity index (χ2v) is 8.11. The van der Waals surface area contributed by atoms with Gasteiger partial charge < -0.3 is 19.7 Å². The monoisotopic (exact) mass is 402 g/mol. The van der Waals surface area contributed by atoms with Gasteiger partial charge >= 0.3 is 0 Å². The molecule has 1 aliphatic carbocycles. The summed E-state index contributed by atoms with van der Waals surface area (Å²) < 4.78 is 10.6. The van der Waals surface area contributed by atoms with E-state index in [4.69, 9.17) is 9.47 Å². The van der Waals surface area contributed by atoms with Crippen LogP contribution < -0.4 is 20.2 Å². The number of likely N-dealkylation sites (N-methyl/N-ethyl adjacent to an activating group) is 1. The van der Waals surface area contributed by atoms with Crippen molar-refractivity contribution >= 4 is 11.8 Å². The highest BCUT2D eigenvalue weighted by Crippen LogP contribution is 2.36. The number of hydrazine groups is 1. The molecule has 2 heterocycles. The Morgan fingerprint density at radius 3 is 2.79 bits per heavy atom. The molecule has 0 bridgehead atoms. The fourth-order valence-electron chi connectivity index (χ4n) is 5.00. The van der Waals surface area contributed by atoms with Crippen molar-refractivity contribution in [3.63, 3.8) is 0 Å². The summed E-state index contributed by atoms with van der Waals surface area (Å²) in [6.07, 6.45) is 3.30. The Morgan fingerprint density at radius 1 is 1.21 bits per heavy atom. The first-order valence-electron chi connectivity index (χ1n) is 10.3. The van der Waals surface area contributed by atoms with Crippen LogP contribution in [-0.2, 0) is 16.1 Å². The topological polar surface area (TPSA) is 83.1 Å². The van der Waals surface area contributed by atoms with Gasteiger partial charge in [-0.25, -0.2) is 5.01 Å². The van der Waals surface area contributed by atoms with Crippen LogP contribution in [0.15, 0.2) is 18.2 Å². The number of rotatable bonds is 5. The highest BCUT2D eigenvalue weighted by Gasteiger charge is 2.50. The molecule has 4 unspecified atom stereocenters. The molecule has 2 aliphatic heterocycles. The number of carbonyl (C=O) groups excluding carboxylic acids is 2. The fraction of sp³-hybridized carbons (Fsp3) is 0.619. The maximum Gasteiger partial charge on any atom is 0.241 e. The number of hydrogen-bond donors (Lipinski definition) is 2. The molecular weight excluding hydrogens is 372 g/mol. The number of carbonyl (C=O) groups is 2. The maximum atomic E-state index is 12.9. The van der Waals surface area contributed by atoms with Crippen molar-refractivity contribution in [2.45, 2.75) is 50.4 Å². The molecule has 4 atom stereocenters. The second-order valence-electron chi connectivity index (χ2n) is 8.11. The Labute approximate surface area is 171 Å². The average Bonchev–Trinajstić information content (AvgIpc) is 3.25. The lowest BCUT2D eigenvalue weighted by Crippen LogP contribution is -2.67. The zero-order valence-corrected chi connectivity index (χ0v) is 17.3. The van der Waals surface area contributed by atoms with E-state index in [0.717, 1.165) is 31.4 Å². The molecule has 2 saturated heterocycles. The SMILES string of the molecule is COc1ccc(CNC(=O)C2CCC3C(C2)N(C)C(=O)C2CCNN23)c(OC)c1. The Kier molecular flexibility index (Phi) is 5.65. The largest absolute Gasteiger partial charge is 0.497 e. The lowest BCUT2D eigenvalue weighted by atomic mass is 9.79. The van der Waals surface area contributed by atoms with Crippen LogP contribution in [0.2, 0.25) is 0 Å². The minimum Gasteiger partial charge on any atom is -0.497 e. The van der Waals surface area contributed by atoms with Crippen molar-refractivity contribution < 1.29 is 19.1 Å². The van der Waals surface area contributed by atoms with E-state index in [-0.39, 0.29) is 35.9 Å². The molecule has 2 N–H and O–H groups in total. The number of ether oxygens (including phenoxy) is 2. The van der Waals surface area contributed by atoms with Gasteiger partial charge in [-0.05, 0) is 37.8 Å². The number of methoxy groups -OCH3 is 2. The number of hydrogen-bond acceptors (Lipinski definition) is 6. The molecule has 1 saturated carbocycles. The first-order valence-corrected chi connectivity index (χ1v) is 10.3. The predicted molar refractivity (Wildman–Crippen MR) is 107 cm³/mol. The van der Waals surface area contributed by atoms with Gasteiger partial charge in [-0.2, -0.15) is 0 Å². The molecule has 0 radical (unpaired) electrons. The number of amides is 2. The summed E-state index contributed by atoms with van der Waals surface area (Å²) >= 11 is 0. The van der Waals surface area contributed by atoms with E-state index in [1.54, 1.807) is 14.2 Å². The minimum absolute atomic E-state index is 0.0404. The summed E-state index contributed by atoms with van der Waals surface area (Å²) in [6.45, 7) is 1.25. The highest BCUT2D eigenvalue weighted by molar-refractivity contribution is 5.84. The highest BCUT2D eigenvalue weighted by atomic mass is 16.5. The van der Waals surface area contributed by atoms with Gasteiger partial charge in [-0.15, -0.1) is 0 Å². The lowest BCUT2D eigenvalue weighted by Gasteiger charge is -2.50. The summed E-state index contributed by atoms with van der Waals surface area (Å²) in [5.41, 5.74) is 4.29. The molecule has 3 fully saturated rings. The number of nitrogens with one attached hydrogen (secondary N) is 2. The maximum absolute atomic E-state index is 12.9. The molecule has 1 aromatic carbocycles. The van der Waals surface area contributed by atoms with Crippen molar-refractivity contribution in [3.05, 3.63) is 23.8 Å². The first-order chi connectivity index (χ1) is 14.0. The molecule has 1 aromatic rings. The second kappa shape index (κ2) is 8.20. The summed E-state index contributed by atoms with van der Waals surface area (Å²) in [5.74, 6) is 1.53. The van der Waals surface area contributed by atoms with E-state index in [1.165, 1.54) is 0 Å².